The minimum Gasteiger partial charge on any atom is -0.466 e. The van der Waals surface area contributed by atoms with Crippen LogP contribution in [0.5, 0.6) is 0 Å². The van der Waals surface area contributed by atoms with E-state index in [1.807, 2.05) is 30.3 Å². The van der Waals surface area contributed by atoms with E-state index in [-0.39, 0.29) is 12.6 Å². The van der Waals surface area contributed by atoms with Gasteiger partial charge in [0, 0.05) is 18.7 Å². The normalized spacial score (nSPS) is 11.6. The number of nitrogens with one attached hydrogen (secondary N) is 2. The third-order valence-corrected chi connectivity index (χ3v) is 2.79. The Morgan fingerprint density at radius 2 is 1.78 bits per heavy atom. The number of hydrogen-bond donors (Lipinski definition) is 2. The SMILES string of the molecule is CCNC(=O)N[C@H](COC(=O)/C=C/C(=O)OC)c1ccccc1. The Balaban J connectivity index is 2.66. The van der Waals surface area contributed by atoms with Crippen molar-refractivity contribution in [3.8, 4) is 0 Å². The number of carbonyl (C=O) groups excluding carboxylic acids is 3. The molecule has 0 aliphatic heterocycles. The number of benzene rings is 1. The predicted octanol–water partition coefficient (Wildman–Crippen LogP) is 1.32. The number of hydrogen-bond acceptors (Lipinski definition) is 5. The zero-order chi connectivity index (χ0) is 17.1. The Morgan fingerprint density at radius 3 is 2.39 bits per heavy atom. The van der Waals surface area contributed by atoms with Gasteiger partial charge in [-0.1, -0.05) is 30.3 Å². The molecular formula is C16H20N2O5. The summed E-state index contributed by atoms with van der Waals surface area (Å²) in [4.78, 5) is 34.2. The monoisotopic (exact) mass is 320 g/mol. The molecular weight excluding hydrogens is 300 g/mol. The van der Waals surface area contributed by atoms with Gasteiger partial charge >= 0.3 is 18.0 Å². The second kappa shape index (κ2) is 9.99. The van der Waals surface area contributed by atoms with Crippen LogP contribution in [-0.4, -0.2) is 38.2 Å². The number of urea groups is 1. The molecule has 0 aromatic heterocycles. The zero-order valence-electron chi connectivity index (χ0n) is 13.1. The van der Waals surface area contributed by atoms with Crippen LogP contribution in [0.25, 0.3) is 0 Å². The van der Waals surface area contributed by atoms with Gasteiger partial charge in [0.2, 0.25) is 0 Å². The quantitative estimate of drug-likeness (QED) is 0.584. The summed E-state index contributed by atoms with van der Waals surface area (Å²) in [6.45, 7) is 2.22. The molecule has 0 aliphatic carbocycles. The van der Waals surface area contributed by atoms with Crippen molar-refractivity contribution in [1.82, 2.24) is 10.6 Å². The highest BCUT2D eigenvalue weighted by Gasteiger charge is 2.16. The molecule has 0 heterocycles. The third kappa shape index (κ3) is 7.12. The number of amides is 2. The Hall–Kier alpha value is -2.83. The zero-order valence-corrected chi connectivity index (χ0v) is 13.1. The van der Waals surface area contributed by atoms with Crippen molar-refractivity contribution in [1.29, 1.82) is 0 Å². The molecule has 2 N–H and O–H groups in total. The first-order chi connectivity index (χ1) is 11.1. The van der Waals surface area contributed by atoms with Crippen molar-refractivity contribution in [3.05, 3.63) is 48.0 Å². The topological polar surface area (TPSA) is 93.7 Å². The average Bonchev–Trinajstić information content (AvgIpc) is 2.57. The minimum atomic E-state index is -0.700. The first kappa shape index (κ1) is 18.2. The van der Waals surface area contributed by atoms with Crippen LogP contribution in [0.1, 0.15) is 18.5 Å². The number of ether oxygens (including phenoxy) is 2. The maximum absolute atomic E-state index is 11.7. The highest BCUT2D eigenvalue weighted by atomic mass is 16.5. The maximum atomic E-state index is 11.7. The van der Waals surface area contributed by atoms with Crippen molar-refractivity contribution >= 4 is 18.0 Å². The second-order valence-corrected chi connectivity index (χ2v) is 4.45. The summed E-state index contributed by atoms with van der Waals surface area (Å²) in [5.41, 5.74) is 0.795. The van der Waals surface area contributed by atoms with Crippen molar-refractivity contribution in [2.75, 3.05) is 20.3 Å². The molecule has 1 aromatic carbocycles. The number of methoxy groups -OCH3 is 1. The maximum Gasteiger partial charge on any atom is 0.331 e. The molecule has 0 unspecified atom stereocenters. The van der Waals surface area contributed by atoms with Crippen molar-refractivity contribution in [2.24, 2.45) is 0 Å². The summed E-state index contributed by atoms with van der Waals surface area (Å²) in [5, 5.41) is 5.34. The lowest BCUT2D eigenvalue weighted by Gasteiger charge is -2.19. The molecule has 1 aromatic rings. The van der Waals surface area contributed by atoms with E-state index in [2.05, 4.69) is 15.4 Å². The molecule has 7 nitrogen and oxygen atoms in total. The van der Waals surface area contributed by atoms with E-state index in [0.29, 0.717) is 6.54 Å². The second-order valence-electron chi connectivity index (χ2n) is 4.45. The van der Waals surface area contributed by atoms with E-state index in [1.54, 1.807) is 6.92 Å². The standard InChI is InChI=1S/C16H20N2O5/c1-3-17-16(21)18-13(12-7-5-4-6-8-12)11-23-15(20)10-9-14(19)22-2/h4-10,13H,3,11H2,1-2H3,(H2,17,18,21)/b10-9+/t13-/m1/s1. The molecule has 23 heavy (non-hydrogen) atoms. The Labute approximate surface area is 134 Å². The van der Waals surface area contributed by atoms with E-state index >= 15 is 0 Å². The molecule has 0 fully saturated rings. The Kier molecular flexibility index (Phi) is 7.91. The largest absolute Gasteiger partial charge is 0.466 e. The molecule has 0 saturated carbocycles. The number of rotatable bonds is 7. The van der Waals surface area contributed by atoms with Crippen LogP contribution >= 0.6 is 0 Å². The predicted molar refractivity (Wildman–Crippen MR) is 83.5 cm³/mol. The summed E-state index contributed by atoms with van der Waals surface area (Å²) in [6, 6.07) is 8.25. The van der Waals surface area contributed by atoms with E-state index in [4.69, 9.17) is 4.74 Å². The molecule has 2 amide bonds. The highest BCUT2D eigenvalue weighted by molar-refractivity contribution is 5.91. The lowest BCUT2D eigenvalue weighted by atomic mass is 10.1. The van der Waals surface area contributed by atoms with Gasteiger partial charge in [0.05, 0.1) is 13.2 Å². The smallest absolute Gasteiger partial charge is 0.331 e. The molecule has 1 rings (SSSR count). The van der Waals surface area contributed by atoms with Crippen LogP contribution in [0.3, 0.4) is 0 Å². The van der Waals surface area contributed by atoms with Crippen LogP contribution in [-0.2, 0) is 19.1 Å². The molecule has 0 aliphatic rings. The average molecular weight is 320 g/mol. The van der Waals surface area contributed by atoms with Gasteiger partial charge in [-0.3, -0.25) is 0 Å². The molecule has 0 radical (unpaired) electrons. The lowest BCUT2D eigenvalue weighted by molar-refractivity contribution is -0.139. The van der Waals surface area contributed by atoms with Gasteiger partial charge in [0.15, 0.2) is 0 Å². The van der Waals surface area contributed by atoms with Gasteiger partial charge in [-0.15, -0.1) is 0 Å². The van der Waals surface area contributed by atoms with Crippen molar-refractivity contribution in [3.63, 3.8) is 0 Å². The molecule has 0 spiro atoms. The van der Waals surface area contributed by atoms with Crippen molar-refractivity contribution < 1.29 is 23.9 Å². The van der Waals surface area contributed by atoms with Crippen LogP contribution < -0.4 is 10.6 Å². The van der Waals surface area contributed by atoms with E-state index in [1.165, 1.54) is 7.11 Å². The number of carbonyl (C=O) groups is 3. The molecule has 7 heteroatoms. The Morgan fingerprint density at radius 1 is 1.13 bits per heavy atom. The fourth-order valence-electron chi connectivity index (χ4n) is 1.69. The Bertz CT molecular complexity index is 557. The van der Waals surface area contributed by atoms with Crippen LogP contribution in [0.15, 0.2) is 42.5 Å². The van der Waals surface area contributed by atoms with Gasteiger partial charge in [0.25, 0.3) is 0 Å². The highest BCUT2D eigenvalue weighted by Crippen LogP contribution is 2.13. The molecule has 1 atom stereocenters. The summed E-state index contributed by atoms with van der Waals surface area (Å²) in [6.07, 6.45) is 1.94. The summed E-state index contributed by atoms with van der Waals surface area (Å²) < 4.78 is 9.43. The first-order valence-electron chi connectivity index (χ1n) is 7.09. The first-order valence-corrected chi connectivity index (χ1v) is 7.09. The molecule has 0 bridgehead atoms. The third-order valence-electron chi connectivity index (χ3n) is 2.79. The van der Waals surface area contributed by atoms with Gasteiger partial charge in [-0.25, -0.2) is 14.4 Å². The van der Waals surface area contributed by atoms with Crippen LogP contribution in [0.4, 0.5) is 4.79 Å². The van der Waals surface area contributed by atoms with Crippen LogP contribution in [0, 0.1) is 0 Å². The van der Waals surface area contributed by atoms with Crippen molar-refractivity contribution in [2.45, 2.75) is 13.0 Å². The molecule has 0 saturated heterocycles. The fourth-order valence-corrected chi connectivity index (χ4v) is 1.69. The van der Waals surface area contributed by atoms with Gasteiger partial charge in [0.1, 0.15) is 6.61 Å². The summed E-state index contributed by atoms with van der Waals surface area (Å²) >= 11 is 0. The van der Waals surface area contributed by atoms with Gasteiger partial charge in [-0.05, 0) is 12.5 Å². The van der Waals surface area contributed by atoms with Crippen LogP contribution in [0.2, 0.25) is 0 Å². The van der Waals surface area contributed by atoms with Gasteiger partial charge in [-0.2, -0.15) is 0 Å². The molecule has 124 valence electrons. The summed E-state index contributed by atoms with van der Waals surface area (Å²) in [5.74, 6) is -1.35. The minimum absolute atomic E-state index is 0.0640. The van der Waals surface area contributed by atoms with E-state index in [0.717, 1.165) is 17.7 Å². The van der Waals surface area contributed by atoms with Gasteiger partial charge < -0.3 is 20.1 Å². The van der Waals surface area contributed by atoms with E-state index < -0.39 is 18.0 Å². The van der Waals surface area contributed by atoms with E-state index in [9.17, 15) is 14.4 Å². The fraction of sp³-hybridized carbons (Fsp3) is 0.312. The summed E-state index contributed by atoms with van der Waals surface area (Å²) in [7, 11) is 1.21. The lowest BCUT2D eigenvalue weighted by Crippen LogP contribution is -2.39. The number of esters is 2.